The lowest BCUT2D eigenvalue weighted by Gasteiger charge is -2.35. The highest BCUT2D eigenvalue weighted by Gasteiger charge is 2.32. The van der Waals surface area contributed by atoms with Crippen LogP contribution in [0.2, 0.25) is 0 Å². The number of aromatic nitrogens is 2. The van der Waals surface area contributed by atoms with Crippen molar-refractivity contribution in [3.63, 3.8) is 0 Å². The minimum absolute atomic E-state index is 0.212. The van der Waals surface area contributed by atoms with Crippen molar-refractivity contribution in [2.75, 3.05) is 20.3 Å². The number of aromatic amines is 1. The molecular formula is C14H17FN2O2S. The molecule has 2 heterocycles. The van der Waals surface area contributed by atoms with Crippen molar-refractivity contribution in [2.45, 2.75) is 25.3 Å². The normalized spacial score (nSPS) is 23.1. The van der Waals surface area contributed by atoms with Crippen molar-refractivity contribution in [3.05, 3.63) is 22.7 Å². The molecule has 1 unspecified atom stereocenters. The quantitative estimate of drug-likeness (QED) is 0.864. The molecule has 1 N–H and O–H groups in total. The zero-order chi connectivity index (χ0) is 14.3. The Morgan fingerprint density at radius 3 is 2.95 bits per heavy atom. The van der Waals surface area contributed by atoms with Gasteiger partial charge in [0, 0.05) is 18.7 Å². The minimum Gasteiger partial charge on any atom is -0.494 e. The van der Waals surface area contributed by atoms with Crippen molar-refractivity contribution in [3.8, 4) is 5.75 Å². The van der Waals surface area contributed by atoms with Gasteiger partial charge in [0.1, 0.15) is 0 Å². The van der Waals surface area contributed by atoms with Gasteiger partial charge < -0.3 is 19.0 Å². The lowest BCUT2D eigenvalue weighted by Crippen LogP contribution is -2.39. The maximum atomic E-state index is 13.8. The van der Waals surface area contributed by atoms with Gasteiger partial charge in [-0.15, -0.1) is 0 Å². The van der Waals surface area contributed by atoms with E-state index in [9.17, 15) is 4.39 Å². The van der Waals surface area contributed by atoms with E-state index in [-0.39, 0.29) is 11.3 Å². The molecule has 0 amide bonds. The predicted octanol–water partition coefficient (Wildman–Crippen LogP) is 3.37. The maximum Gasteiger partial charge on any atom is 0.178 e. The molecule has 3 rings (SSSR count). The number of fused-ring (bicyclic) bond motifs is 1. The molecule has 6 heteroatoms. The van der Waals surface area contributed by atoms with Crippen molar-refractivity contribution < 1.29 is 13.9 Å². The van der Waals surface area contributed by atoms with Crippen LogP contribution in [0.4, 0.5) is 4.39 Å². The van der Waals surface area contributed by atoms with E-state index in [0.717, 1.165) is 25.0 Å². The third-order valence-electron chi connectivity index (χ3n) is 3.91. The summed E-state index contributed by atoms with van der Waals surface area (Å²) in [5.74, 6) is -0.172. The molecule has 0 saturated carbocycles. The molecular weight excluding hydrogens is 279 g/mol. The molecule has 0 bridgehead atoms. The summed E-state index contributed by atoms with van der Waals surface area (Å²) in [6.45, 7) is 3.50. The number of halogens is 1. The van der Waals surface area contributed by atoms with Crippen LogP contribution in [0.15, 0.2) is 12.1 Å². The van der Waals surface area contributed by atoms with Crippen LogP contribution in [-0.2, 0) is 10.3 Å². The molecule has 1 aromatic heterocycles. The fourth-order valence-electron chi connectivity index (χ4n) is 2.90. The Bertz CT molecular complexity index is 701. The van der Waals surface area contributed by atoms with E-state index in [2.05, 4.69) is 11.9 Å². The summed E-state index contributed by atoms with van der Waals surface area (Å²) < 4.78 is 27.1. The first-order chi connectivity index (χ1) is 9.55. The fourth-order valence-corrected chi connectivity index (χ4v) is 3.32. The number of rotatable bonds is 2. The molecule has 1 aliphatic rings. The van der Waals surface area contributed by atoms with Gasteiger partial charge in [0.2, 0.25) is 0 Å². The molecule has 0 aliphatic carbocycles. The zero-order valence-corrected chi connectivity index (χ0v) is 12.3. The molecule has 108 valence electrons. The van der Waals surface area contributed by atoms with Gasteiger partial charge >= 0.3 is 0 Å². The number of H-pyrrole nitrogens is 1. The molecule has 0 radical (unpaired) electrons. The van der Waals surface area contributed by atoms with Gasteiger partial charge in [0.15, 0.2) is 16.3 Å². The smallest absolute Gasteiger partial charge is 0.178 e. The van der Waals surface area contributed by atoms with Gasteiger partial charge in [-0.05, 0) is 32.0 Å². The zero-order valence-electron chi connectivity index (χ0n) is 11.5. The highest BCUT2D eigenvalue weighted by atomic mass is 32.1. The second kappa shape index (κ2) is 4.86. The van der Waals surface area contributed by atoms with E-state index in [0.29, 0.717) is 16.9 Å². The van der Waals surface area contributed by atoms with Gasteiger partial charge in [-0.3, -0.25) is 0 Å². The highest BCUT2D eigenvalue weighted by Crippen LogP contribution is 2.33. The Labute approximate surface area is 121 Å². The van der Waals surface area contributed by atoms with Crippen LogP contribution < -0.4 is 4.74 Å². The van der Waals surface area contributed by atoms with Crippen LogP contribution in [0.1, 0.15) is 19.8 Å². The standard InChI is InChI=1S/C14H17FN2O2S/c1-14(4-3-5-19-8-14)17-11-7-12(18-2)9(15)6-10(11)16-13(17)20/h6-7H,3-5,8H2,1-2H3,(H,16,20). The van der Waals surface area contributed by atoms with Crippen LogP contribution in [0, 0.1) is 10.6 Å². The molecule has 1 saturated heterocycles. The first-order valence-electron chi connectivity index (χ1n) is 6.62. The first-order valence-corrected chi connectivity index (χ1v) is 7.02. The highest BCUT2D eigenvalue weighted by molar-refractivity contribution is 7.71. The SMILES string of the molecule is COc1cc2c(cc1F)[nH]c(=S)n2C1(C)CCCOC1. The second-order valence-corrected chi connectivity index (χ2v) is 5.81. The van der Waals surface area contributed by atoms with Crippen molar-refractivity contribution in [1.82, 2.24) is 9.55 Å². The summed E-state index contributed by atoms with van der Waals surface area (Å²) in [4.78, 5) is 3.07. The van der Waals surface area contributed by atoms with Gasteiger partial charge in [0.05, 0.1) is 30.3 Å². The number of nitrogens with zero attached hydrogens (tertiary/aromatic N) is 1. The topological polar surface area (TPSA) is 39.2 Å². The molecule has 1 atom stereocenters. The summed E-state index contributed by atoms with van der Waals surface area (Å²) in [6.07, 6.45) is 1.97. The van der Waals surface area contributed by atoms with Crippen LogP contribution in [0.25, 0.3) is 11.0 Å². The maximum absolute atomic E-state index is 13.8. The fraction of sp³-hybridized carbons (Fsp3) is 0.500. The van der Waals surface area contributed by atoms with E-state index < -0.39 is 5.82 Å². The van der Waals surface area contributed by atoms with E-state index in [1.54, 1.807) is 6.07 Å². The van der Waals surface area contributed by atoms with E-state index in [4.69, 9.17) is 21.7 Å². The average Bonchev–Trinajstić information content (AvgIpc) is 2.74. The number of methoxy groups -OCH3 is 1. The Morgan fingerprint density at radius 1 is 1.50 bits per heavy atom. The Kier molecular flexibility index (Phi) is 3.30. The summed E-state index contributed by atoms with van der Waals surface area (Å²) in [7, 11) is 1.46. The van der Waals surface area contributed by atoms with E-state index in [1.165, 1.54) is 13.2 Å². The average molecular weight is 296 g/mol. The molecule has 1 aromatic carbocycles. The first kappa shape index (κ1) is 13.6. The molecule has 1 fully saturated rings. The van der Waals surface area contributed by atoms with E-state index >= 15 is 0 Å². The molecule has 2 aromatic rings. The minimum atomic E-state index is -0.395. The summed E-state index contributed by atoms with van der Waals surface area (Å²) in [5, 5.41) is 0. The number of imidazole rings is 1. The molecule has 4 nitrogen and oxygen atoms in total. The third kappa shape index (κ3) is 2.03. The lowest BCUT2D eigenvalue weighted by atomic mass is 9.94. The van der Waals surface area contributed by atoms with Gasteiger partial charge in [0.25, 0.3) is 0 Å². The predicted molar refractivity (Wildman–Crippen MR) is 77.3 cm³/mol. The summed E-state index contributed by atoms with van der Waals surface area (Å²) in [6, 6.07) is 3.12. The van der Waals surface area contributed by atoms with Crippen molar-refractivity contribution in [1.29, 1.82) is 0 Å². The number of benzene rings is 1. The third-order valence-corrected chi connectivity index (χ3v) is 4.20. The number of ether oxygens (including phenoxy) is 2. The second-order valence-electron chi connectivity index (χ2n) is 5.42. The summed E-state index contributed by atoms with van der Waals surface area (Å²) in [5.41, 5.74) is 1.32. The Morgan fingerprint density at radius 2 is 2.30 bits per heavy atom. The molecule has 0 spiro atoms. The Balaban J connectivity index is 2.24. The number of hydrogen-bond donors (Lipinski definition) is 1. The van der Waals surface area contributed by atoms with E-state index in [1.807, 2.05) is 4.57 Å². The van der Waals surface area contributed by atoms with Gasteiger partial charge in [-0.2, -0.15) is 0 Å². The Hall–Kier alpha value is -1.40. The van der Waals surface area contributed by atoms with Gasteiger partial charge in [-0.25, -0.2) is 4.39 Å². The lowest BCUT2D eigenvalue weighted by molar-refractivity contribution is 0.0108. The molecule has 20 heavy (non-hydrogen) atoms. The van der Waals surface area contributed by atoms with Crippen LogP contribution in [-0.4, -0.2) is 29.9 Å². The number of hydrogen-bond acceptors (Lipinski definition) is 3. The number of nitrogens with one attached hydrogen (secondary N) is 1. The van der Waals surface area contributed by atoms with Crippen molar-refractivity contribution in [2.24, 2.45) is 0 Å². The largest absolute Gasteiger partial charge is 0.494 e. The van der Waals surface area contributed by atoms with Crippen LogP contribution >= 0.6 is 12.2 Å². The van der Waals surface area contributed by atoms with Crippen LogP contribution in [0.3, 0.4) is 0 Å². The summed E-state index contributed by atoms with van der Waals surface area (Å²) >= 11 is 5.42. The monoisotopic (exact) mass is 296 g/mol. The van der Waals surface area contributed by atoms with Crippen LogP contribution in [0.5, 0.6) is 5.75 Å². The van der Waals surface area contributed by atoms with Crippen molar-refractivity contribution >= 4 is 23.3 Å². The van der Waals surface area contributed by atoms with Gasteiger partial charge in [-0.1, -0.05) is 0 Å². The molecule has 1 aliphatic heterocycles.